The zero-order valence-corrected chi connectivity index (χ0v) is 19.5. The average Bonchev–Trinajstić information content (AvgIpc) is 3.26. The number of aromatic nitrogens is 1. The Kier molecular flexibility index (Phi) is 8.50. The molecule has 1 atom stereocenters. The number of carbonyl (C=O) groups is 3. The van der Waals surface area contributed by atoms with E-state index >= 15 is 0 Å². The average molecular weight is 461 g/mol. The van der Waals surface area contributed by atoms with Crippen LogP contribution in [0.3, 0.4) is 0 Å². The molecule has 0 bridgehead atoms. The lowest BCUT2D eigenvalue weighted by atomic mass is 10.0. The molecule has 2 heterocycles. The minimum atomic E-state index is -1.47. The van der Waals surface area contributed by atoms with Crippen LogP contribution in [0.2, 0.25) is 0 Å². The maximum absolute atomic E-state index is 13.7. The van der Waals surface area contributed by atoms with Gasteiger partial charge in [-0.3, -0.25) is 19.2 Å². The lowest BCUT2D eigenvalue weighted by Crippen LogP contribution is -2.43. The van der Waals surface area contributed by atoms with Crippen LogP contribution in [-0.4, -0.2) is 59.7 Å². The molecule has 1 unspecified atom stereocenters. The number of likely N-dealkylation sites (N-methyl/N-ethyl adjacent to an activating group) is 1. The van der Waals surface area contributed by atoms with Crippen molar-refractivity contribution >= 4 is 35.1 Å². The molecule has 1 aromatic carbocycles. The third kappa shape index (κ3) is 5.47. The van der Waals surface area contributed by atoms with Gasteiger partial charge in [-0.05, 0) is 43.7 Å². The van der Waals surface area contributed by atoms with Crippen LogP contribution in [-0.2, 0) is 14.4 Å². The maximum atomic E-state index is 13.7. The summed E-state index contributed by atoms with van der Waals surface area (Å²) >= 11 is 0. The summed E-state index contributed by atoms with van der Waals surface area (Å²) in [7, 11) is 2.62. The summed E-state index contributed by atoms with van der Waals surface area (Å²) in [5.41, 5.74) is 3.16. The first kappa shape index (κ1) is 25.8. The van der Waals surface area contributed by atoms with Crippen molar-refractivity contribution in [3.8, 4) is 0 Å². The number of amides is 3. The van der Waals surface area contributed by atoms with E-state index in [1.807, 2.05) is 13.8 Å². The van der Waals surface area contributed by atoms with Crippen LogP contribution in [0.5, 0.6) is 0 Å². The molecule has 0 fully saturated rings. The molecular weight excluding hydrogens is 431 g/mol. The fourth-order valence-electron chi connectivity index (χ4n) is 3.37. The predicted molar refractivity (Wildman–Crippen MR) is 123 cm³/mol. The van der Waals surface area contributed by atoms with Crippen molar-refractivity contribution in [3.63, 3.8) is 0 Å². The van der Waals surface area contributed by atoms with Gasteiger partial charge in [0.15, 0.2) is 6.10 Å². The molecule has 0 saturated heterocycles. The number of aromatic amines is 1. The van der Waals surface area contributed by atoms with Gasteiger partial charge in [-0.15, -0.1) is 0 Å². The van der Waals surface area contributed by atoms with Gasteiger partial charge in [-0.1, -0.05) is 13.8 Å². The Bertz CT molecular complexity index is 1090. The highest BCUT2D eigenvalue weighted by Gasteiger charge is 2.26. The second kappa shape index (κ2) is 10.9. The van der Waals surface area contributed by atoms with Gasteiger partial charge < -0.3 is 20.7 Å². The lowest BCUT2D eigenvalue weighted by molar-refractivity contribution is -0.177. The van der Waals surface area contributed by atoms with E-state index in [1.165, 1.54) is 32.4 Å². The zero-order valence-electron chi connectivity index (χ0n) is 19.5. The van der Waals surface area contributed by atoms with E-state index < -0.39 is 23.7 Å². The maximum Gasteiger partial charge on any atom is 0.276 e. The third-order valence-corrected chi connectivity index (χ3v) is 5.08. The second-order valence-corrected chi connectivity index (χ2v) is 7.11. The summed E-state index contributed by atoms with van der Waals surface area (Å²) in [6, 6.07) is 4.02. The van der Waals surface area contributed by atoms with Gasteiger partial charge in [0.05, 0.1) is 24.8 Å². The molecule has 3 rings (SSSR count). The van der Waals surface area contributed by atoms with Gasteiger partial charge >= 0.3 is 0 Å². The molecule has 2 aromatic rings. The number of aliphatic hydroxyl groups is 1. The number of aryl methyl sites for hydroxylation is 1. The topological polar surface area (TPSA) is 124 Å². The number of carbonyl (C=O) groups excluding carboxylic acids is 3. The fourth-order valence-corrected chi connectivity index (χ4v) is 3.37. The molecule has 0 saturated carbocycles. The first-order valence-corrected chi connectivity index (χ1v) is 10.4. The molecule has 178 valence electrons. The van der Waals surface area contributed by atoms with Crippen molar-refractivity contribution < 1.29 is 28.7 Å². The van der Waals surface area contributed by atoms with Crippen molar-refractivity contribution in [2.45, 2.75) is 33.8 Å². The number of rotatable bonds is 6. The first-order valence-electron chi connectivity index (χ1n) is 10.4. The molecule has 33 heavy (non-hydrogen) atoms. The molecule has 10 heteroatoms. The highest BCUT2D eigenvalue weighted by molar-refractivity contribution is 6.34. The minimum Gasteiger partial charge on any atom is -0.381 e. The van der Waals surface area contributed by atoms with Crippen LogP contribution in [0.4, 0.5) is 10.1 Å². The molecule has 1 aliphatic heterocycles. The molecule has 1 aliphatic rings. The summed E-state index contributed by atoms with van der Waals surface area (Å²) < 4.78 is 13.7. The van der Waals surface area contributed by atoms with E-state index in [4.69, 9.17) is 4.84 Å². The Morgan fingerprint density at radius 1 is 1.30 bits per heavy atom. The Balaban J connectivity index is 0.00000187. The number of hydrogen-bond acceptors (Lipinski definition) is 5. The Hall–Kier alpha value is -3.50. The highest BCUT2D eigenvalue weighted by Crippen LogP contribution is 2.34. The molecule has 9 nitrogen and oxygen atoms in total. The van der Waals surface area contributed by atoms with Crippen molar-refractivity contribution in [1.29, 1.82) is 0 Å². The van der Waals surface area contributed by atoms with Gasteiger partial charge in [-0.2, -0.15) is 0 Å². The van der Waals surface area contributed by atoms with E-state index in [1.54, 1.807) is 19.9 Å². The van der Waals surface area contributed by atoms with Crippen LogP contribution < -0.4 is 10.6 Å². The van der Waals surface area contributed by atoms with Crippen LogP contribution >= 0.6 is 0 Å². The Morgan fingerprint density at radius 3 is 2.61 bits per heavy atom. The van der Waals surface area contributed by atoms with E-state index in [9.17, 15) is 23.9 Å². The monoisotopic (exact) mass is 460 g/mol. The van der Waals surface area contributed by atoms with E-state index in [-0.39, 0.29) is 18.0 Å². The van der Waals surface area contributed by atoms with Gasteiger partial charge in [0.1, 0.15) is 5.82 Å². The second-order valence-electron chi connectivity index (χ2n) is 7.11. The predicted octanol–water partition coefficient (Wildman–Crippen LogP) is 2.40. The molecule has 0 radical (unpaired) electrons. The SMILES string of the molecule is CC.CON(C)C(=O)C(O)CNC(=O)c1c(C)[nH]c(/C=C2\C(=O)Nc3ccc(F)cc32)c1C. The number of aliphatic hydroxyl groups excluding tert-OH is 1. The Morgan fingerprint density at radius 2 is 1.97 bits per heavy atom. The summed E-state index contributed by atoms with van der Waals surface area (Å²) in [5, 5.41) is 16.0. The van der Waals surface area contributed by atoms with E-state index in [2.05, 4.69) is 15.6 Å². The molecule has 0 aliphatic carbocycles. The number of nitrogens with one attached hydrogen (secondary N) is 3. The minimum absolute atomic E-state index is 0.273. The van der Waals surface area contributed by atoms with Crippen molar-refractivity contribution in [1.82, 2.24) is 15.4 Å². The number of halogens is 1. The van der Waals surface area contributed by atoms with Crippen LogP contribution in [0, 0.1) is 19.7 Å². The number of fused-ring (bicyclic) bond motifs is 1. The molecule has 3 amide bonds. The summed E-state index contributed by atoms with van der Waals surface area (Å²) in [4.78, 5) is 44.6. The van der Waals surface area contributed by atoms with Gasteiger partial charge in [-0.25, -0.2) is 9.45 Å². The summed E-state index contributed by atoms with van der Waals surface area (Å²) in [6.07, 6.45) is 0.0923. The van der Waals surface area contributed by atoms with Gasteiger partial charge in [0.25, 0.3) is 17.7 Å². The zero-order chi connectivity index (χ0) is 24.9. The van der Waals surface area contributed by atoms with Crippen LogP contribution in [0.25, 0.3) is 11.6 Å². The van der Waals surface area contributed by atoms with E-state index in [0.717, 1.165) is 5.06 Å². The van der Waals surface area contributed by atoms with Crippen molar-refractivity contribution in [3.05, 3.63) is 52.1 Å². The molecular formula is C23H29FN4O5. The number of hydrogen-bond donors (Lipinski definition) is 4. The fraction of sp³-hybridized carbons (Fsp3) is 0.348. The van der Waals surface area contributed by atoms with Gasteiger partial charge in [0.2, 0.25) is 0 Å². The van der Waals surface area contributed by atoms with Crippen molar-refractivity contribution in [2.75, 3.05) is 26.0 Å². The quantitative estimate of drug-likeness (QED) is 0.389. The van der Waals surface area contributed by atoms with Crippen LogP contribution in [0.15, 0.2) is 18.2 Å². The number of H-pyrrole nitrogens is 1. The normalized spacial score (nSPS) is 14.2. The molecule has 4 N–H and O–H groups in total. The summed E-state index contributed by atoms with van der Waals surface area (Å²) in [5.74, 6) is -2.03. The largest absolute Gasteiger partial charge is 0.381 e. The van der Waals surface area contributed by atoms with Gasteiger partial charge in [0, 0.05) is 29.7 Å². The van der Waals surface area contributed by atoms with E-state index in [0.29, 0.717) is 33.8 Å². The number of benzene rings is 1. The van der Waals surface area contributed by atoms with Crippen molar-refractivity contribution in [2.24, 2.45) is 0 Å². The number of hydroxylamine groups is 2. The smallest absolute Gasteiger partial charge is 0.276 e. The molecule has 0 spiro atoms. The third-order valence-electron chi connectivity index (χ3n) is 5.08. The highest BCUT2D eigenvalue weighted by atomic mass is 19.1. The van der Waals surface area contributed by atoms with Crippen LogP contribution in [0.1, 0.15) is 46.7 Å². The lowest BCUT2D eigenvalue weighted by Gasteiger charge is -2.18. The standard InChI is InChI=1S/C21H23FN4O5.C2H6/c1-10-16(8-14-13-7-12(22)5-6-15(13)25-19(14)28)24-11(2)18(10)20(29)23-9-17(27)21(30)26(3)31-4;1-2/h5-8,17,24,27H,9H2,1-4H3,(H,23,29)(H,25,28);1-2H3/b14-8-;. The Labute approximate surface area is 191 Å². The number of nitrogens with zero attached hydrogens (tertiary/aromatic N) is 1. The summed E-state index contributed by atoms with van der Waals surface area (Å²) in [6.45, 7) is 7.08. The molecule has 1 aromatic heterocycles. The number of anilines is 1. The first-order chi connectivity index (χ1) is 15.6.